The van der Waals surface area contributed by atoms with E-state index in [2.05, 4.69) is 51.6 Å². The van der Waals surface area contributed by atoms with Gasteiger partial charge in [-0.3, -0.25) is 0 Å². The number of nitrogens with zero attached hydrogens (tertiary/aromatic N) is 4. The average Bonchev–Trinajstić information content (AvgIpc) is 3.53. The number of fused-ring (bicyclic) bond motifs is 1. The fourth-order valence-electron chi connectivity index (χ4n) is 3.84. The van der Waals surface area contributed by atoms with Gasteiger partial charge in [0.25, 0.3) is 5.95 Å². The highest BCUT2D eigenvalue weighted by Gasteiger charge is 2.17. The molecule has 1 aromatic carbocycles. The summed E-state index contributed by atoms with van der Waals surface area (Å²) in [6.45, 7) is 14.1. The Hall–Kier alpha value is -3.73. The van der Waals surface area contributed by atoms with Crippen molar-refractivity contribution >= 4 is 16.7 Å². The first kappa shape index (κ1) is 25.9. The third-order valence-electron chi connectivity index (χ3n) is 5.41. The lowest BCUT2D eigenvalue weighted by Gasteiger charge is -2.04. The van der Waals surface area contributed by atoms with Crippen LogP contribution in [0.15, 0.2) is 77.9 Å². The zero-order valence-electron chi connectivity index (χ0n) is 21.6. The summed E-state index contributed by atoms with van der Waals surface area (Å²) < 4.78 is 8.04. The molecule has 35 heavy (non-hydrogen) atoms. The summed E-state index contributed by atoms with van der Waals surface area (Å²) in [4.78, 5) is 9.64. The van der Waals surface area contributed by atoms with Gasteiger partial charge in [0, 0.05) is 17.8 Å². The zero-order valence-corrected chi connectivity index (χ0v) is 21.6. The third kappa shape index (κ3) is 6.24. The van der Waals surface area contributed by atoms with E-state index in [0.29, 0.717) is 5.95 Å². The molecule has 0 aliphatic rings. The summed E-state index contributed by atoms with van der Waals surface area (Å²) in [5.41, 5.74) is 6.80. The lowest BCUT2D eigenvalue weighted by Crippen LogP contribution is -2.05. The third-order valence-corrected chi connectivity index (χ3v) is 5.41. The molecule has 0 radical (unpaired) electrons. The molecule has 0 atom stereocenters. The van der Waals surface area contributed by atoms with Crippen molar-refractivity contribution in [3.63, 3.8) is 0 Å². The van der Waals surface area contributed by atoms with E-state index in [0.717, 1.165) is 65.1 Å². The summed E-state index contributed by atoms with van der Waals surface area (Å²) in [6, 6.07) is 12.3. The summed E-state index contributed by atoms with van der Waals surface area (Å²) in [7, 11) is 0. The summed E-state index contributed by atoms with van der Waals surface area (Å²) in [6.07, 6.45) is 13.4. The van der Waals surface area contributed by atoms with E-state index in [9.17, 15) is 0 Å². The molecule has 3 aromatic heterocycles. The molecular weight excluding hydrogens is 432 g/mol. The molecule has 5 heteroatoms. The molecule has 0 saturated heterocycles. The Morgan fingerprint density at radius 1 is 1.06 bits per heavy atom. The molecular formula is C30H36N4O. The van der Waals surface area contributed by atoms with Crippen molar-refractivity contribution in [2.45, 2.75) is 60.3 Å². The molecule has 0 fully saturated rings. The Kier molecular flexibility index (Phi) is 9.36. The van der Waals surface area contributed by atoms with Crippen LogP contribution in [0.2, 0.25) is 0 Å². The van der Waals surface area contributed by atoms with Crippen LogP contribution in [0.1, 0.15) is 64.0 Å². The molecule has 0 bridgehead atoms. The number of hydrogen-bond acceptors (Lipinski definition) is 4. The van der Waals surface area contributed by atoms with Gasteiger partial charge in [-0.2, -0.15) is 5.10 Å². The number of furan rings is 1. The molecule has 0 aliphatic carbocycles. The van der Waals surface area contributed by atoms with Gasteiger partial charge in [0.15, 0.2) is 5.58 Å². The molecule has 0 spiro atoms. The Morgan fingerprint density at radius 2 is 1.89 bits per heavy atom. The Bertz CT molecular complexity index is 1320. The van der Waals surface area contributed by atoms with Gasteiger partial charge in [0.2, 0.25) is 0 Å². The van der Waals surface area contributed by atoms with E-state index in [4.69, 9.17) is 19.5 Å². The minimum atomic E-state index is 0.560. The summed E-state index contributed by atoms with van der Waals surface area (Å²) >= 11 is 0. The maximum absolute atomic E-state index is 6.29. The summed E-state index contributed by atoms with van der Waals surface area (Å²) in [5.74, 6) is 1.40. The Labute approximate surface area is 208 Å². The quantitative estimate of drug-likeness (QED) is 0.232. The monoisotopic (exact) mass is 468 g/mol. The Morgan fingerprint density at radius 3 is 2.60 bits per heavy atom. The lowest BCUT2D eigenvalue weighted by atomic mass is 10.1. The fraction of sp³-hybridized carbons (Fsp3) is 0.300. The first-order valence-corrected chi connectivity index (χ1v) is 12.5. The van der Waals surface area contributed by atoms with Crippen LogP contribution in [0.4, 0.5) is 0 Å². The number of benzene rings is 1. The zero-order chi connectivity index (χ0) is 25.2. The van der Waals surface area contributed by atoms with Gasteiger partial charge < -0.3 is 4.42 Å². The van der Waals surface area contributed by atoms with Gasteiger partial charge >= 0.3 is 0 Å². The van der Waals surface area contributed by atoms with Crippen molar-refractivity contribution in [2.75, 3.05) is 0 Å². The van der Waals surface area contributed by atoms with Crippen molar-refractivity contribution in [1.29, 1.82) is 0 Å². The van der Waals surface area contributed by atoms with Gasteiger partial charge in [0.05, 0.1) is 11.4 Å². The molecule has 4 rings (SSSR count). The molecule has 3 heterocycles. The highest BCUT2D eigenvalue weighted by molar-refractivity contribution is 5.81. The normalized spacial score (nSPS) is 11.6. The molecule has 0 amide bonds. The van der Waals surface area contributed by atoms with Gasteiger partial charge in [-0.05, 0) is 37.5 Å². The van der Waals surface area contributed by atoms with Crippen LogP contribution >= 0.6 is 0 Å². The van der Waals surface area contributed by atoms with Crippen LogP contribution < -0.4 is 0 Å². The predicted molar refractivity (Wildman–Crippen MR) is 147 cm³/mol. The van der Waals surface area contributed by atoms with Crippen molar-refractivity contribution in [3.05, 3.63) is 90.5 Å². The second-order valence-electron chi connectivity index (χ2n) is 8.12. The first-order valence-electron chi connectivity index (χ1n) is 12.5. The largest absolute Gasteiger partial charge is 0.453 e. The van der Waals surface area contributed by atoms with Gasteiger partial charge in [-0.15, -0.1) is 0 Å². The van der Waals surface area contributed by atoms with Crippen LogP contribution in [0.5, 0.6) is 0 Å². The standard InChI is InChI=1S/C28H30N4O.C2H6/c1-5-8-9-14-21(11-6-2)26-19-25-27(33-26)24(12-7-3)29-28(30-25)32-17-16-23(31-32)22-15-10-13-20(4)18-22;1-2/h5,8-10,13-19H,1,6-7,11-12H2,2-4H3;1-2H3/b9-8-,21-14+;. The highest BCUT2D eigenvalue weighted by atomic mass is 16.3. The topological polar surface area (TPSA) is 56.7 Å². The Balaban J connectivity index is 0.00000167. The fourth-order valence-corrected chi connectivity index (χ4v) is 3.84. The van der Waals surface area contributed by atoms with Crippen molar-refractivity contribution in [2.24, 2.45) is 0 Å². The first-order chi connectivity index (χ1) is 17.1. The maximum atomic E-state index is 6.29. The second-order valence-corrected chi connectivity index (χ2v) is 8.12. The van der Waals surface area contributed by atoms with Crippen LogP contribution in [0.25, 0.3) is 33.9 Å². The average molecular weight is 469 g/mol. The van der Waals surface area contributed by atoms with E-state index < -0.39 is 0 Å². The van der Waals surface area contributed by atoms with E-state index in [1.54, 1.807) is 10.8 Å². The molecule has 5 nitrogen and oxygen atoms in total. The number of aryl methyl sites for hydroxylation is 2. The maximum Gasteiger partial charge on any atom is 0.251 e. The van der Waals surface area contributed by atoms with Crippen LogP contribution in [-0.2, 0) is 6.42 Å². The lowest BCUT2D eigenvalue weighted by molar-refractivity contribution is 0.585. The van der Waals surface area contributed by atoms with Gasteiger partial charge in [-0.1, -0.05) is 95.2 Å². The van der Waals surface area contributed by atoms with Crippen LogP contribution in [0.3, 0.4) is 0 Å². The molecule has 4 aromatic rings. The second kappa shape index (κ2) is 12.7. The summed E-state index contributed by atoms with van der Waals surface area (Å²) in [5, 5.41) is 4.75. The van der Waals surface area contributed by atoms with Crippen LogP contribution in [0, 0.1) is 6.92 Å². The van der Waals surface area contributed by atoms with E-state index in [-0.39, 0.29) is 0 Å². The molecule has 182 valence electrons. The van der Waals surface area contributed by atoms with E-state index >= 15 is 0 Å². The molecule has 0 unspecified atom stereocenters. The van der Waals surface area contributed by atoms with Crippen LogP contribution in [-0.4, -0.2) is 19.7 Å². The van der Waals surface area contributed by atoms with Crippen molar-refractivity contribution in [1.82, 2.24) is 19.7 Å². The minimum Gasteiger partial charge on any atom is -0.453 e. The molecule has 0 saturated carbocycles. The number of rotatable bonds is 9. The van der Waals surface area contributed by atoms with Gasteiger partial charge in [-0.25, -0.2) is 14.6 Å². The number of allylic oxidation sites excluding steroid dienone is 5. The van der Waals surface area contributed by atoms with Gasteiger partial charge in [0.1, 0.15) is 11.3 Å². The number of hydrogen-bond donors (Lipinski definition) is 0. The highest BCUT2D eigenvalue weighted by Crippen LogP contribution is 2.29. The smallest absolute Gasteiger partial charge is 0.251 e. The van der Waals surface area contributed by atoms with Crippen molar-refractivity contribution in [3.8, 4) is 17.2 Å². The SMILES string of the molecule is C=C/C=C\C=C(/CCC)c1cc2nc(-n3ccc(-c4cccc(C)c4)n3)nc(CCC)c2o1.CC. The van der Waals surface area contributed by atoms with E-state index in [1.807, 2.05) is 50.4 Å². The van der Waals surface area contributed by atoms with Crippen molar-refractivity contribution < 1.29 is 4.42 Å². The number of aromatic nitrogens is 4. The van der Waals surface area contributed by atoms with E-state index in [1.165, 1.54) is 5.56 Å². The molecule has 0 aliphatic heterocycles. The minimum absolute atomic E-state index is 0.560. The predicted octanol–water partition coefficient (Wildman–Crippen LogP) is 8.29. The molecule has 0 N–H and O–H groups in total.